The molecule has 2 aromatic rings. The number of sulfone groups is 1. The molecule has 1 saturated carbocycles. The molecule has 1 heterocycles. The molecular weight excluding hydrogens is 386 g/mol. The Hall–Kier alpha value is -1.79. The zero-order chi connectivity index (χ0) is 19.6. The van der Waals surface area contributed by atoms with Gasteiger partial charge in [0.1, 0.15) is 11.5 Å². The van der Waals surface area contributed by atoms with Gasteiger partial charge in [0.15, 0.2) is 15.6 Å². The van der Waals surface area contributed by atoms with E-state index in [1.54, 1.807) is 0 Å². The third-order valence-corrected chi connectivity index (χ3v) is 7.32. The minimum atomic E-state index is -3.57. The number of halogens is 1. The lowest BCUT2D eigenvalue weighted by atomic mass is 9.78. The number of carbonyl (C=O) groups is 1. The smallest absolute Gasteiger partial charge is 0.287 e. The van der Waals surface area contributed by atoms with Crippen molar-refractivity contribution in [3.63, 3.8) is 0 Å². The molecule has 0 aliphatic heterocycles. The fourth-order valence-electron chi connectivity index (χ4n) is 3.52. The van der Waals surface area contributed by atoms with Crippen molar-refractivity contribution >= 4 is 27.3 Å². The Morgan fingerprint density at radius 3 is 2.56 bits per heavy atom. The molecule has 5 nitrogen and oxygen atoms in total. The maximum Gasteiger partial charge on any atom is 0.287 e. The van der Waals surface area contributed by atoms with Crippen LogP contribution in [0.25, 0.3) is 0 Å². The first-order chi connectivity index (χ1) is 12.8. The van der Waals surface area contributed by atoms with E-state index in [-0.39, 0.29) is 34.1 Å². The summed E-state index contributed by atoms with van der Waals surface area (Å²) in [6.45, 7) is 4.36. The standard InChI is InChI=1S/C20H24ClNO4S/c1-13-4-3-5-18(14(13)2)22-20(23)19-11-8-16(26-19)12-27(24,25)17-9-6-15(21)7-10-17/h6-11,13-14,18H,3-5,12H2,1-2H3,(H,22,23)/t13-,14-,18+/m1/s1. The minimum Gasteiger partial charge on any atom is -0.455 e. The lowest BCUT2D eigenvalue weighted by Gasteiger charge is -2.34. The van der Waals surface area contributed by atoms with Crippen molar-refractivity contribution in [2.75, 3.05) is 0 Å². The van der Waals surface area contributed by atoms with E-state index in [0.29, 0.717) is 16.9 Å². The molecule has 1 aromatic heterocycles. The normalized spacial score (nSPS) is 23.1. The minimum absolute atomic E-state index is 0.118. The highest BCUT2D eigenvalue weighted by Gasteiger charge is 2.29. The Labute approximate surface area is 165 Å². The predicted molar refractivity (Wildman–Crippen MR) is 104 cm³/mol. The lowest BCUT2D eigenvalue weighted by Crippen LogP contribution is -2.43. The van der Waals surface area contributed by atoms with Gasteiger partial charge in [-0.15, -0.1) is 0 Å². The van der Waals surface area contributed by atoms with Crippen molar-refractivity contribution < 1.29 is 17.6 Å². The number of hydrogen-bond donors (Lipinski definition) is 1. The highest BCUT2D eigenvalue weighted by atomic mass is 35.5. The van der Waals surface area contributed by atoms with Crippen LogP contribution in [0.3, 0.4) is 0 Å². The van der Waals surface area contributed by atoms with Crippen LogP contribution < -0.4 is 5.32 Å². The largest absolute Gasteiger partial charge is 0.455 e. The van der Waals surface area contributed by atoms with Crippen LogP contribution >= 0.6 is 11.6 Å². The molecule has 3 atom stereocenters. The van der Waals surface area contributed by atoms with Crippen LogP contribution in [0, 0.1) is 11.8 Å². The van der Waals surface area contributed by atoms with Crippen molar-refractivity contribution in [1.82, 2.24) is 5.32 Å². The van der Waals surface area contributed by atoms with E-state index in [9.17, 15) is 13.2 Å². The molecule has 1 amide bonds. The van der Waals surface area contributed by atoms with Gasteiger partial charge in [-0.2, -0.15) is 0 Å². The fourth-order valence-corrected chi connectivity index (χ4v) is 4.89. The van der Waals surface area contributed by atoms with E-state index in [0.717, 1.165) is 12.8 Å². The van der Waals surface area contributed by atoms with E-state index in [2.05, 4.69) is 19.2 Å². The van der Waals surface area contributed by atoms with Gasteiger partial charge in [0.05, 0.1) is 4.90 Å². The molecule has 1 fully saturated rings. The number of rotatable bonds is 5. The number of benzene rings is 1. The molecule has 7 heteroatoms. The second kappa shape index (κ2) is 8.07. The van der Waals surface area contributed by atoms with Crippen LogP contribution in [0.5, 0.6) is 0 Å². The van der Waals surface area contributed by atoms with Crippen LogP contribution in [0.1, 0.15) is 49.4 Å². The number of furan rings is 1. The molecule has 0 unspecified atom stereocenters. The molecule has 1 N–H and O–H groups in total. The molecule has 1 aliphatic carbocycles. The quantitative estimate of drug-likeness (QED) is 0.790. The molecule has 0 spiro atoms. The molecular formula is C20H24ClNO4S. The summed E-state index contributed by atoms with van der Waals surface area (Å²) >= 11 is 5.80. The van der Waals surface area contributed by atoms with Gasteiger partial charge >= 0.3 is 0 Å². The molecule has 1 aromatic carbocycles. The van der Waals surface area contributed by atoms with Crippen LogP contribution in [0.4, 0.5) is 0 Å². The topological polar surface area (TPSA) is 76.4 Å². The number of amides is 1. The predicted octanol–water partition coefficient (Wildman–Crippen LogP) is 4.46. The highest BCUT2D eigenvalue weighted by Crippen LogP contribution is 2.29. The molecule has 0 saturated heterocycles. The van der Waals surface area contributed by atoms with Gasteiger partial charge in [-0.25, -0.2) is 8.42 Å². The number of nitrogens with one attached hydrogen (secondary N) is 1. The summed E-state index contributed by atoms with van der Waals surface area (Å²) in [5, 5.41) is 3.50. The van der Waals surface area contributed by atoms with Gasteiger partial charge in [-0.1, -0.05) is 38.3 Å². The first-order valence-electron chi connectivity index (χ1n) is 9.14. The third kappa shape index (κ3) is 4.74. The maximum absolute atomic E-state index is 12.5. The Balaban J connectivity index is 1.67. The lowest BCUT2D eigenvalue weighted by molar-refractivity contribution is 0.0861. The monoisotopic (exact) mass is 409 g/mol. The summed E-state index contributed by atoms with van der Waals surface area (Å²) in [7, 11) is -3.57. The van der Waals surface area contributed by atoms with Crippen molar-refractivity contribution in [2.45, 2.75) is 49.8 Å². The van der Waals surface area contributed by atoms with Crippen LogP contribution in [-0.2, 0) is 15.6 Å². The second-order valence-electron chi connectivity index (χ2n) is 7.33. The Morgan fingerprint density at radius 2 is 1.85 bits per heavy atom. The van der Waals surface area contributed by atoms with Gasteiger partial charge in [-0.3, -0.25) is 4.79 Å². The summed E-state index contributed by atoms with van der Waals surface area (Å²) in [4.78, 5) is 12.6. The van der Waals surface area contributed by atoms with Crippen molar-refractivity contribution in [2.24, 2.45) is 11.8 Å². The van der Waals surface area contributed by atoms with Gasteiger partial charge in [0.2, 0.25) is 0 Å². The van der Waals surface area contributed by atoms with E-state index in [4.69, 9.17) is 16.0 Å². The average molecular weight is 410 g/mol. The summed E-state index contributed by atoms with van der Waals surface area (Å²) in [6, 6.07) is 9.16. The van der Waals surface area contributed by atoms with Crippen LogP contribution in [0.15, 0.2) is 45.7 Å². The summed E-state index contributed by atoms with van der Waals surface area (Å²) in [6.07, 6.45) is 3.23. The zero-order valence-electron chi connectivity index (χ0n) is 15.4. The van der Waals surface area contributed by atoms with Crippen molar-refractivity contribution in [3.8, 4) is 0 Å². The first kappa shape index (κ1) is 20.0. The van der Waals surface area contributed by atoms with Gasteiger partial charge < -0.3 is 9.73 Å². The average Bonchev–Trinajstić information content (AvgIpc) is 3.07. The SMILES string of the molecule is C[C@@H]1[C@H](C)CCC[C@@H]1NC(=O)c1ccc(CS(=O)(=O)c2ccc(Cl)cc2)o1. The molecule has 1 aliphatic rings. The molecule has 3 rings (SSSR count). The van der Waals surface area contributed by atoms with Crippen molar-refractivity contribution in [3.05, 3.63) is 52.9 Å². The molecule has 27 heavy (non-hydrogen) atoms. The number of hydrogen-bond acceptors (Lipinski definition) is 4. The maximum atomic E-state index is 12.5. The van der Waals surface area contributed by atoms with Crippen molar-refractivity contribution in [1.29, 1.82) is 0 Å². The molecule has 0 bridgehead atoms. The fraction of sp³-hybridized carbons (Fsp3) is 0.450. The highest BCUT2D eigenvalue weighted by molar-refractivity contribution is 7.90. The molecule has 0 radical (unpaired) electrons. The summed E-state index contributed by atoms with van der Waals surface area (Å²) in [5.41, 5.74) is 0. The van der Waals surface area contributed by atoms with Crippen LogP contribution in [-0.4, -0.2) is 20.4 Å². The van der Waals surface area contributed by atoms with E-state index >= 15 is 0 Å². The van der Waals surface area contributed by atoms with E-state index < -0.39 is 9.84 Å². The van der Waals surface area contributed by atoms with Crippen LogP contribution in [0.2, 0.25) is 5.02 Å². The summed E-state index contributed by atoms with van der Waals surface area (Å²) in [5.74, 6) is 0.750. The van der Waals surface area contributed by atoms with Gasteiger partial charge in [0.25, 0.3) is 5.91 Å². The Morgan fingerprint density at radius 1 is 1.15 bits per heavy atom. The Kier molecular flexibility index (Phi) is 5.96. The van der Waals surface area contributed by atoms with E-state index in [1.807, 2.05) is 0 Å². The molecule has 146 valence electrons. The van der Waals surface area contributed by atoms with Gasteiger partial charge in [0, 0.05) is 11.1 Å². The number of carbonyl (C=O) groups excluding carboxylic acids is 1. The van der Waals surface area contributed by atoms with Gasteiger partial charge in [-0.05, 0) is 54.7 Å². The Bertz CT molecular complexity index is 904. The summed E-state index contributed by atoms with van der Waals surface area (Å²) < 4.78 is 30.5. The second-order valence-corrected chi connectivity index (χ2v) is 9.75. The third-order valence-electron chi connectivity index (χ3n) is 5.41. The zero-order valence-corrected chi connectivity index (χ0v) is 17.0. The first-order valence-corrected chi connectivity index (χ1v) is 11.2. The van der Waals surface area contributed by atoms with E-state index in [1.165, 1.54) is 42.8 Å².